The zero-order valence-electron chi connectivity index (χ0n) is 13.7. The molecule has 0 bridgehead atoms. The monoisotopic (exact) mass is 309 g/mol. The molecule has 3 aliphatic rings. The lowest BCUT2D eigenvalue weighted by molar-refractivity contribution is 0.250. The number of aliphatic imine (C=N–C) groups is 1. The maximum atomic E-state index is 4.88. The Morgan fingerprint density at radius 3 is 2.76 bits per heavy atom. The summed E-state index contributed by atoms with van der Waals surface area (Å²) in [6.45, 7) is 9.55. The Morgan fingerprint density at radius 1 is 1.33 bits per heavy atom. The third kappa shape index (κ3) is 4.16. The minimum absolute atomic E-state index is 0.383. The van der Waals surface area contributed by atoms with Crippen LogP contribution in [0.3, 0.4) is 0 Å². The Balaban J connectivity index is 1.44. The van der Waals surface area contributed by atoms with E-state index in [2.05, 4.69) is 24.1 Å². The summed E-state index contributed by atoms with van der Waals surface area (Å²) in [5, 5.41) is 5.00. The van der Waals surface area contributed by atoms with Gasteiger partial charge in [-0.25, -0.2) is 0 Å². The lowest BCUT2D eigenvalue weighted by Crippen LogP contribution is -2.46. The van der Waals surface area contributed by atoms with Crippen LogP contribution in [0.5, 0.6) is 0 Å². The van der Waals surface area contributed by atoms with Gasteiger partial charge in [0.25, 0.3) is 0 Å². The Morgan fingerprint density at radius 2 is 2.05 bits per heavy atom. The number of rotatable bonds is 4. The minimum Gasteiger partial charge on any atom is -0.359 e. The molecule has 1 aliphatic carbocycles. The van der Waals surface area contributed by atoms with Crippen LogP contribution in [0.2, 0.25) is 0 Å². The maximum absolute atomic E-state index is 4.88. The Kier molecular flexibility index (Phi) is 5.15. The summed E-state index contributed by atoms with van der Waals surface area (Å²) in [7, 11) is 0. The largest absolute Gasteiger partial charge is 0.359 e. The van der Waals surface area contributed by atoms with Crippen LogP contribution < -0.4 is 5.32 Å². The van der Waals surface area contributed by atoms with Crippen molar-refractivity contribution in [3.63, 3.8) is 0 Å². The molecule has 1 saturated carbocycles. The molecule has 1 atom stereocenters. The van der Waals surface area contributed by atoms with E-state index in [4.69, 9.17) is 4.99 Å². The van der Waals surface area contributed by atoms with E-state index in [1.165, 1.54) is 69.1 Å². The third-order valence-corrected chi connectivity index (χ3v) is 6.61. The number of thioether (sulfide) groups is 1. The van der Waals surface area contributed by atoms with Crippen LogP contribution in [-0.2, 0) is 0 Å². The second-order valence-electron chi connectivity index (χ2n) is 7.64. The molecular formula is C17H31N3S. The van der Waals surface area contributed by atoms with Crippen molar-refractivity contribution in [2.24, 2.45) is 16.8 Å². The first-order valence-corrected chi connectivity index (χ1v) is 9.82. The fraction of sp³-hybridized carbons (Fsp3) is 0.941. The molecule has 0 aromatic heterocycles. The molecule has 2 heterocycles. The summed E-state index contributed by atoms with van der Waals surface area (Å²) in [5.74, 6) is 2.84. The number of likely N-dealkylation sites (tertiary alicyclic amines) is 1. The number of nitrogens with one attached hydrogen (secondary N) is 1. The third-order valence-electron chi connectivity index (χ3n) is 5.40. The number of hydrogen-bond acceptors (Lipinski definition) is 3. The van der Waals surface area contributed by atoms with E-state index in [-0.39, 0.29) is 0 Å². The molecule has 1 N–H and O–H groups in total. The Labute approximate surface area is 134 Å². The highest BCUT2D eigenvalue weighted by atomic mass is 32.2. The summed E-state index contributed by atoms with van der Waals surface area (Å²) in [5.41, 5.74) is 0.383. The van der Waals surface area contributed by atoms with E-state index in [1.54, 1.807) is 0 Å². The first-order valence-electron chi connectivity index (χ1n) is 8.83. The fourth-order valence-electron chi connectivity index (χ4n) is 3.88. The second kappa shape index (κ2) is 6.91. The molecule has 2 saturated heterocycles. The highest BCUT2D eigenvalue weighted by molar-refractivity contribution is 8.14. The molecule has 3 rings (SSSR count). The van der Waals surface area contributed by atoms with Crippen LogP contribution in [0.15, 0.2) is 4.99 Å². The molecule has 120 valence electrons. The van der Waals surface area contributed by atoms with Crippen molar-refractivity contribution >= 4 is 16.9 Å². The molecule has 0 radical (unpaired) electrons. The van der Waals surface area contributed by atoms with Gasteiger partial charge >= 0.3 is 0 Å². The number of hydrogen-bond donors (Lipinski definition) is 1. The lowest BCUT2D eigenvalue weighted by atomic mass is 9.78. The van der Waals surface area contributed by atoms with Crippen LogP contribution in [0.25, 0.3) is 0 Å². The number of amidine groups is 1. The molecule has 1 spiro atoms. The standard InChI is InChI=1S/C17H31N3S/c1-14-5-7-17(8-6-14)13-21-16(19-17)18-11-15(2)12-20-9-3-4-10-20/h14-15H,3-13H2,1-2H3,(H,18,19). The average molecular weight is 310 g/mol. The molecule has 2 aliphatic heterocycles. The first kappa shape index (κ1) is 15.7. The lowest BCUT2D eigenvalue weighted by Gasteiger charge is -2.35. The van der Waals surface area contributed by atoms with Gasteiger partial charge in [0.05, 0.1) is 0 Å². The van der Waals surface area contributed by atoms with Gasteiger partial charge in [0.1, 0.15) is 0 Å². The van der Waals surface area contributed by atoms with Gasteiger partial charge in [-0.2, -0.15) is 0 Å². The van der Waals surface area contributed by atoms with Gasteiger partial charge < -0.3 is 10.2 Å². The van der Waals surface area contributed by atoms with E-state index >= 15 is 0 Å². The van der Waals surface area contributed by atoms with Crippen LogP contribution in [0.1, 0.15) is 52.4 Å². The summed E-state index contributed by atoms with van der Waals surface area (Å²) < 4.78 is 0. The van der Waals surface area contributed by atoms with Gasteiger partial charge in [0.2, 0.25) is 0 Å². The summed E-state index contributed by atoms with van der Waals surface area (Å²) in [6, 6.07) is 0. The highest BCUT2D eigenvalue weighted by Crippen LogP contribution is 2.38. The summed E-state index contributed by atoms with van der Waals surface area (Å²) >= 11 is 1.96. The van der Waals surface area contributed by atoms with Gasteiger partial charge in [-0.15, -0.1) is 0 Å². The number of nitrogens with zero attached hydrogens (tertiary/aromatic N) is 2. The second-order valence-corrected chi connectivity index (χ2v) is 8.60. The SMILES string of the molecule is CC1CCC2(CC1)CSC(=NCC(C)CN1CCCC1)N2. The van der Waals surface area contributed by atoms with Gasteiger partial charge in [0.15, 0.2) is 5.17 Å². The van der Waals surface area contributed by atoms with Crippen molar-refractivity contribution in [1.82, 2.24) is 10.2 Å². The van der Waals surface area contributed by atoms with Crippen molar-refractivity contribution < 1.29 is 0 Å². The van der Waals surface area contributed by atoms with Crippen LogP contribution in [-0.4, -0.2) is 47.5 Å². The molecular weight excluding hydrogens is 278 g/mol. The molecule has 21 heavy (non-hydrogen) atoms. The molecule has 0 aromatic rings. The summed E-state index contributed by atoms with van der Waals surface area (Å²) in [6.07, 6.45) is 8.21. The van der Waals surface area contributed by atoms with Gasteiger partial charge in [-0.05, 0) is 63.5 Å². The van der Waals surface area contributed by atoms with Gasteiger partial charge in [-0.3, -0.25) is 4.99 Å². The van der Waals surface area contributed by atoms with Crippen LogP contribution in [0, 0.1) is 11.8 Å². The molecule has 0 amide bonds. The van der Waals surface area contributed by atoms with E-state index in [0.717, 1.165) is 12.5 Å². The minimum atomic E-state index is 0.383. The molecule has 3 nitrogen and oxygen atoms in total. The van der Waals surface area contributed by atoms with E-state index in [1.807, 2.05) is 11.8 Å². The van der Waals surface area contributed by atoms with E-state index in [9.17, 15) is 0 Å². The van der Waals surface area contributed by atoms with Crippen molar-refractivity contribution in [3.05, 3.63) is 0 Å². The average Bonchev–Trinajstić information content (AvgIpc) is 3.11. The van der Waals surface area contributed by atoms with E-state index in [0.29, 0.717) is 11.5 Å². The summed E-state index contributed by atoms with van der Waals surface area (Å²) in [4.78, 5) is 7.48. The van der Waals surface area contributed by atoms with Gasteiger partial charge in [0, 0.05) is 24.4 Å². The molecule has 0 aromatic carbocycles. The Bertz CT molecular complexity index is 368. The predicted octanol–water partition coefficient (Wildman–Crippen LogP) is 3.36. The fourth-order valence-corrected chi connectivity index (χ4v) is 5.11. The predicted molar refractivity (Wildman–Crippen MR) is 93.1 cm³/mol. The smallest absolute Gasteiger partial charge is 0.157 e. The molecule has 1 unspecified atom stereocenters. The van der Waals surface area contributed by atoms with Crippen molar-refractivity contribution in [2.75, 3.05) is 31.9 Å². The first-order chi connectivity index (χ1) is 10.2. The van der Waals surface area contributed by atoms with Crippen LogP contribution >= 0.6 is 11.8 Å². The van der Waals surface area contributed by atoms with Crippen molar-refractivity contribution in [2.45, 2.75) is 57.9 Å². The van der Waals surface area contributed by atoms with Crippen LogP contribution in [0.4, 0.5) is 0 Å². The zero-order valence-corrected chi connectivity index (χ0v) is 14.6. The van der Waals surface area contributed by atoms with Crippen molar-refractivity contribution in [1.29, 1.82) is 0 Å². The Hall–Kier alpha value is -0.220. The molecule has 4 heteroatoms. The zero-order chi connectivity index (χ0) is 14.7. The molecule has 3 fully saturated rings. The van der Waals surface area contributed by atoms with E-state index < -0.39 is 0 Å². The van der Waals surface area contributed by atoms with Gasteiger partial charge in [-0.1, -0.05) is 25.6 Å². The quantitative estimate of drug-likeness (QED) is 0.863. The topological polar surface area (TPSA) is 27.6 Å². The highest BCUT2D eigenvalue weighted by Gasteiger charge is 2.39. The normalized spacial score (nSPS) is 37.2. The maximum Gasteiger partial charge on any atom is 0.157 e. The van der Waals surface area contributed by atoms with Crippen molar-refractivity contribution in [3.8, 4) is 0 Å².